The molecule has 2 aliphatic heterocycles. The van der Waals surface area contributed by atoms with Crippen molar-refractivity contribution >= 4 is 38.5 Å². The Kier molecular flexibility index (Phi) is 4.87. The average Bonchev–Trinajstić information content (AvgIpc) is 3.31. The SMILES string of the molecule is CC1C(=O)CC2CCC1N2C1CCC(Nc2ncc3oc(C#N)cc3c2Br)CC1. The maximum atomic E-state index is 12.2. The molecule has 2 saturated heterocycles. The second kappa shape index (κ2) is 7.41. The van der Waals surface area contributed by atoms with Crippen LogP contribution in [0.15, 0.2) is 21.2 Å². The number of ketones is 1. The number of nitriles is 1. The molecule has 3 unspecified atom stereocenters. The summed E-state index contributed by atoms with van der Waals surface area (Å²) in [5.41, 5.74) is 0.618. The number of fused-ring (bicyclic) bond motifs is 3. The molecule has 2 bridgehead atoms. The molecule has 152 valence electrons. The number of nitrogens with zero attached hydrogens (tertiary/aromatic N) is 3. The van der Waals surface area contributed by atoms with E-state index in [9.17, 15) is 4.79 Å². The molecule has 6 nitrogen and oxygen atoms in total. The monoisotopic (exact) mass is 456 g/mol. The van der Waals surface area contributed by atoms with E-state index in [1.807, 2.05) is 6.07 Å². The van der Waals surface area contributed by atoms with Crippen molar-refractivity contribution in [3.63, 3.8) is 0 Å². The predicted molar refractivity (Wildman–Crippen MR) is 114 cm³/mol. The van der Waals surface area contributed by atoms with Crippen LogP contribution in [-0.2, 0) is 4.79 Å². The van der Waals surface area contributed by atoms with Crippen molar-refractivity contribution in [2.75, 3.05) is 5.32 Å². The molecule has 3 fully saturated rings. The third-order valence-electron chi connectivity index (χ3n) is 7.21. The molecular formula is C22H25BrN4O2. The number of halogens is 1. The van der Waals surface area contributed by atoms with Gasteiger partial charge in [0.25, 0.3) is 0 Å². The number of hydrogen-bond acceptors (Lipinski definition) is 6. The summed E-state index contributed by atoms with van der Waals surface area (Å²) in [5.74, 6) is 1.77. The first-order valence-electron chi connectivity index (χ1n) is 10.6. The van der Waals surface area contributed by atoms with Gasteiger partial charge in [0.2, 0.25) is 5.76 Å². The van der Waals surface area contributed by atoms with Crippen molar-refractivity contribution < 1.29 is 9.21 Å². The number of aromatic nitrogens is 1. The van der Waals surface area contributed by atoms with E-state index >= 15 is 0 Å². The molecule has 29 heavy (non-hydrogen) atoms. The Morgan fingerprint density at radius 1 is 1.24 bits per heavy atom. The Bertz CT molecular complexity index is 989. The maximum Gasteiger partial charge on any atom is 0.204 e. The van der Waals surface area contributed by atoms with Crippen molar-refractivity contribution in [3.05, 3.63) is 22.5 Å². The molecule has 0 radical (unpaired) electrons. The van der Waals surface area contributed by atoms with Crippen LogP contribution in [0.5, 0.6) is 0 Å². The van der Waals surface area contributed by atoms with Gasteiger partial charge in [-0.3, -0.25) is 9.69 Å². The predicted octanol–water partition coefficient (Wildman–Crippen LogP) is 4.63. The van der Waals surface area contributed by atoms with E-state index in [-0.39, 0.29) is 5.92 Å². The Hall–Kier alpha value is -1.91. The highest BCUT2D eigenvalue weighted by atomic mass is 79.9. The number of hydrogen-bond donors (Lipinski definition) is 1. The van der Waals surface area contributed by atoms with Gasteiger partial charge in [0.1, 0.15) is 17.7 Å². The highest BCUT2D eigenvalue weighted by Gasteiger charge is 2.47. The summed E-state index contributed by atoms with van der Waals surface area (Å²) in [7, 11) is 0. The first-order chi connectivity index (χ1) is 14.0. The molecule has 3 atom stereocenters. The molecule has 1 N–H and O–H groups in total. The Balaban J connectivity index is 1.25. The molecule has 5 rings (SSSR count). The molecule has 0 amide bonds. The number of anilines is 1. The number of Topliss-reactive ketones (excluding diaryl/α,β-unsaturated/α-hetero) is 1. The first-order valence-corrected chi connectivity index (χ1v) is 11.4. The number of furan rings is 1. The van der Waals surface area contributed by atoms with Crippen molar-refractivity contribution in [2.45, 2.75) is 76.0 Å². The average molecular weight is 457 g/mol. The third kappa shape index (κ3) is 3.27. The summed E-state index contributed by atoms with van der Waals surface area (Å²) in [4.78, 5) is 19.4. The molecule has 1 saturated carbocycles. The van der Waals surface area contributed by atoms with Crippen LogP contribution in [0.3, 0.4) is 0 Å². The normalized spacial score (nSPS) is 32.4. The number of piperidine rings is 1. The van der Waals surface area contributed by atoms with E-state index in [4.69, 9.17) is 9.68 Å². The van der Waals surface area contributed by atoms with Crippen molar-refractivity contribution in [1.29, 1.82) is 5.26 Å². The van der Waals surface area contributed by atoms with E-state index in [1.165, 1.54) is 12.8 Å². The number of pyridine rings is 1. The van der Waals surface area contributed by atoms with Gasteiger partial charge >= 0.3 is 0 Å². The third-order valence-corrected chi connectivity index (χ3v) is 8.01. The fourth-order valence-electron chi connectivity index (χ4n) is 5.70. The first kappa shape index (κ1) is 19.1. The van der Waals surface area contributed by atoms with Gasteiger partial charge in [-0.1, -0.05) is 6.92 Å². The van der Waals surface area contributed by atoms with Crippen LogP contribution in [0.4, 0.5) is 5.82 Å². The Morgan fingerprint density at radius 2 is 2.00 bits per heavy atom. The van der Waals surface area contributed by atoms with E-state index in [0.29, 0.717) is 41.3 Å². The minimum absolute atomic E-state index is 0.199. The summed E-state index contributed by atoms with van der Waals surface area (Å²) < 4.78 is 6.31. The summed E-state index contributed by atoms with van der Waals surface area (Å²) in [6, 6.07) is 5.72. The quantitative estimate of drug-likeness (QED) is 0.724. The van der Waals surface area contributed by atoms with Crippen LogP contribution in [0.25, 0.3) is 11.0 Å². The lowest BCUT2D eigenvalue weighted by Crippen LogP contribution is -2.54. The van der Waals surface area contributed by atoms with E-state index in [2.05, 4.69) is 38.1 Å². The lowest BCUT2D eigenvalue weighted by atomic mass is 9.84. The van der Waals surface area contributed by atoms with Crippen LogP contribution in [0.1, 0.15) is 57.6 Å². The zero-order valence-electron chi connectivity index (χ0n) is 16.5. The topological polar surface area (TPSA) is 82.2 Å². The van der Waals surface area contributed by atoms with Crippen LogP contribution in [0, 0.1) is 17.2 Å². The highest BCUT2D eigenvalue weighted by Crippen LogP contribution is 2.42. The van der Waals surface area contributed by atoms with Crippen LogP contribution in [0.2, 0.25) is 0 Å². The van der Waals surface area contributed by atoms with Crippen LogP contribution >= 0.6 is 15.9 Å². The van der Waals surface area contributed by atoms with Crippen LogP contribution < -0.4 is 5.32 Å². The van der Waals surface area contributed by atoms with Gasteiger partial charge in [-0.2, -0.15) is 5.26 Å². The summed E-state index contributed by atoms with van der Waals surface area (Å²) in [6.45, 7) is 2.13. The lowest BCUT2D eigenvalue weighted by molar-refractivity contribution is -0.130. The molecule has 4 heterocycles. The fraction of sp³-hybridized carbons (Fsp3) is 0.591. The minimum Gasteiger partial charge on any atom is -0.444 e. The number of nitrogens with one attached hydrogen (secondary N) is 1. The molecule has 3 aliphatic rings. The van der Waals surface area contributed by atoms with Crippen molar-refractivity contribution in [3.8, 4) is 6.07 Å². The number of carbonyl (C=O) groups excluding carboxylic acids is 1. The number of carbonyl (C=O) groups is 1. The standard InChI is InChI=1S/C22H25BrN4O2/c1-12-18-7-6-15(8-19(12)28)27(18)14-4-2-13(3-5-14)26-22-21(23)17-9-16(10-24)29-20(17)11-25-22/h9,11-15,18H,2-8H2,1H3,(H,25,26). The summed E-state index contributed by atoms with van der Waals surface area (Å²) >= 11 is 3.63. The van der Waals surface area contributed by atoms with E-state index < -0.39 is 0 Å². The van der Waals surface area contributed by atoms with Gasteiger partial charge in [-0.15, -0.1) is 0 Å². The molecule has 7 heteroatoms. The van der Waals surface area contributed by atoms with Gasteiger partial charge in [0, 0.05) is 48.0 Å². The zero-order valence-corrected chi connectivity index (χ0v) is 18.1. The molecular weight excluding hydrogens is 432 g/mol. The second-order valence-electron chi connectivity index (χ2n) is 8.78. The van der Waals surface area contributed by atoms with Crippen molar-refractivity contribution in [2.24, 2.45) is 5.92 Å². The minimum atomic E-state index is 0.199. The van der Waals surface area contributed by atoms with Gasteiger partial charge in [-0.25, -0.2) is 4.98 Å². The highest BCUT2D eigenvalue weighted by molar-refractivity contribution is 9.10. The van der Waals surface area contributed by atoms with Crippen molar-refractivity contribution in [1.82, 2.24) is 9.88 Å². The fourth-order valence-corrected chi connectivity index (χ4v) is 6.22. The molecule has 0 aromatic carbocycles. The van der Waals surface area contributed by atoms with E-state index in [1.54, 1.807) is 12.3 Å². The lowest BCUT2D eigenvalue weighted by Gasteiger charge is -2.45. The summed E-state index contributed by atoms with van der Waals surface area (Å²) in [6.07, 6.45) is 9.33. The van der Waals surface area contributed by atoms with E-state index in [0.717, 1.165) is 47.8 Å². The maximum absolute atomic E-state index is 12.2. The molecule has 2 aromatic heterocycles. The van der Waals surface area contributed by atoms with Gasteiger partial charge < -0.3 is 9.73 Å². The molecule has 0 spiro atoms. The molecule has 2 aromatic rings. The Morgan fingerprint density at radius 3 is 2.76 bits per heavy atom. The largest absolute Gasteiger partial charge is 0.444 e. The zero-order chi connectivity index (χ0) is 20.1. The second-order valence-corrected chi connectivity index (χ2v) is 9.57. The van der Waals surface area contributed by atoms with Gasteiger partial charge in [-0.05, 0) is 54.5 Å². The Labute approximate surface area is 178 Å². The van der Waals surface area contributed by atoms with Crippen LogP contribution in [-0.4, -0.2) is 39.8 Å². The molecule has 1 aliphatic carbocycles. The van der Waals surface area contributed by atoms with Gasteiger partial charge in [0.05, 0.1) is 10.7 Å². The smallest absolute Gasteiger partial charge is 0.204 e. The van der Waals surface area contributed by atoms with Gasteiger partial charge in [0.15, 0.2) is 5.58 Å². The number of rotatable bonds is 3. The summed E-state index contributed by atoms with van der Waals surface area (Å²) in [5, 5.41) is 13.5.